The molecule has 3 rings (SSSR count). The van der Waals surface area contributed by atoms with Crippen LogP contribution in [0.15, 0.2) is 24.3 Å². The second-order valence-corrected chi connectivity index (χ2v) is 5.77. The number of carbonyl (C=O) groups excluding carboxylic acids is 1. The molecule has 0 radical (unpaired) electrons. The van der Waals surface area contributed by atoms with Crippen molar-refractivity contribution in [2.24, 2.45) is 0 Å². The molecule has 1 aromatic carbocycles. The molecule has 1 aliphatic carbocycles. The molecule has 4 nitrogen and oxygen atoms in total. The first-order valence-electron chi connectivity index (χ1n) is 7.02. The van der Waals surface area contributed by atoms with Crippen LogP contribution >= 0.6 is 0 Å². The molecule has 1 amide bonds. The van der Waals surface area contributed by atoms with Gasteiger partial charge in [-0.2, -0.15) is 0 Å². The van der Waals surface area contributed by atoms with Crippen LogP contribution in [0.25, 0.3) is 0 Å². The number of nitrogens with one attached hydrogen (secondary N) is 2. The van der Waals surface area contributed by atoms with E-state index in [1.54, 1.807) is 18.2 Å². The van der Waals surface area contributed by atoms with Gasteiger partial charge in [0, 0.05) is 17.1 Å². The van der Waals surface area contributed by atoms with Gasteiger partial charge in [-0.15, -0.1) is 0 Å². The Hall–Kier alpha value is -1.55. The lowest BCUT2D eigenvalue weighted by Gasteiger charge is -2.48. The Morgan fingerprint density at radius 2 is 2.26 bits per heavy atom. The maximum Gasteiger partial charge on any atom is 0.251 e. The van der Waals surface area contributed by atoms with E-state index in [2.05, 4.69) is 10.6 Å². The van der Waals surface area contributed by atoms with Crippen molar-refractivity contribution < 1.29 is 9.90 Å². The SMILES string of the molecule is O=C(NC1CCNC2(CCC2)C1)c1cccc(O)c1. The van der Waals surface area contributed by atoms with Crippen LogP contribution in [0.2, 0.25) is 0 Å². The van der Waals surface area contributed by atoms with Crippen LogP contribution in [0, 0.1) is 0 Å². The first-order valence-corrected chi connectivity index (χ1v) is 7.02. The molecule has 1 atom stereocenters. The molecule has 1 saturated carbocycles. The Morgan fingerprint density at radius 1 is 1.42 bits per heavy atom. The summed E-state index contributed by atoms with van der Waals surface area (Å²) in [6.45, 7) is 0.977. The van der Waals surface area contributed by atoms with Gasteiger partial charge in [0.25, 0.3) is 5.91 Å². The lowest BCUT2D eigenvalue weighted by atomic mass is 9.70. The Balaban J connectivity index is 1.63. The zero-order chi connectivity index (χ0) is 13.3. The van der Waals surface area contributed by atoms with Gasteiger partial charge in [-0.25, -0.2) is 0 Å². The Labute approximate surface area is 113 Å². The number of hydrogen-bond acceptors (Lipinski definition) is 3. The summed E-state index contributed by atoms with van der Waals surface area (Å²) in [6.07, 6.45) is 5.75. The number of phenolic OH excluding ortho intramolecular Hbond substituents is 1. The summed E-state index contributed by atoms with van der Waals surface area (Å²) >= 11 is 0. The number of amides is 1. The standard InChI is InChI=1S/C15H20N2O2/c18-13-4-1-3-11(9-13)14(19)17-12-5-8-16-15(10-12)6-2-7-15/h1,3-4,9,12,16,18H,2,5-8,10H2,(H,17,19). The minimum Gasteiger partial charge on any atom is -0.508 e. The van der Waals surface area contributed by atoms with E-state index in [-0.39, 0.29) is 23.2 Å². The predicted octanol–water partition coefficient (Wildman–Crippen LogP) is 1.80. The highest BCUT2D eigenvalue weighted by Crippen LogP contribution is 2.38. The summed E-state index contributed by atoms with van der Waals surface area (Å²) in [5, 5.41) is 16.1. The van der Waals surface area contributed by atoms with Gasteiger partial charge in [0.15, 0.2) is 0 Å². The molecule has 3 N–H and O–H groups in total. The normalized spacial score (nSPS) is 24.7. The first-order chi connectivity index (χ1) is 9.17. The van der Waals surface area contributed by atoms with Crippen molar-refractivity contribution in [2.45, 2.75) is 43.7 Å². The zero-order valence-corrected chi connectivity index (χ0v) is 11.0. The van der Waals surface area contributed by atoms with E-state index in [0.717, 1.165) is 19.4 Å². The van der Waals surface area contributed by atoms with Crippen molar-refractivity contribution >= 4 is 5.91 Å². The van der Waals surface area contributed by atoms with E-state index in [1.165, 1.54) is 25.3 Å². The molecule has 1 saturated heterocycles. The maximum atomic E-state index is 12.1. The minimum atomic E-state index is -0.0859. The highest BCUT2D eigenvalue weighted by atomic mass is 16.3. The van der Waals surface area contributed by atoms with E-state index in [9.17, 15) is 9.90 Å². The maximum absolute atomic E-state index is 12.1. The Morgan fingerprint density at radius 3 is 2.95 bits per heavy atom. The highest BCUT2D eigenvalue weighted by Gasteiger charge is 2.41. The van der Waals surface area contributed by atoms with E-state index in [4.69, 9.17) is 0 Å². The smallest absolute Gasteiger partial charge is 0.251 e. The summed E-state index contributed by atoms with van der Waals surface area (Å²) in [5.74, 6) is 0.0469. The average Bonchev–Trinajstić information content (AvgIpc) is 2.37. The molecular formula is C15H20N2O2. The number of phenols is 1. The zero-order valence-electron chi connectivity index (χ0n) is 11.0. The summed E-state index contributed by atoms with van der Waals surface area (Å²) in [4.78, 5) is 12.1. The van der Waals surface area contributed by atoms with Gasteiger partial charge in [-0.3, -0.25) is 4.79 Å². The molecule has 1 aliphatic heterocycles. The summed E-state index contributed by atoms with van der Waals surface area (Å²) < 4.78 is 0. The summed E-state index contributed by atoms with van der Waals surface area (Å²) in [6, 6.07) is 6.76. The Bertz CT molecular complexity index is 483. The van der Waals surface area contributed by atoms with Gasteiger partial charge in [0.2, 0.25) is 0 Å². The average molecular weight is 260 g/mol. The van der Waals surface area contributed by atoms with Gasteiger partial charge < -0.3 is 15.7 Å². The molecule has 102 valence electrons. The topological polar surface area (TPSA) is 61.4 Å². The van der Waals surface area contributed by atoms with Crippen molar-refractivity contribution in [2.75, 3.05) is 6.54 Å². The molecule has 1 spiro atoms. The minimum absolute atomic E-state index is 0.0859. The van der Waals surface area contributed by atoms with Crippen molar-refractivity contribution in [3.8, 4) is 5.75 Å². The van der Waals surface area contributed by atoms with E-state index in [0.29, 0.717) is 5.56 Å². The third-order valence-electron chi connectivity index (χ3n) is 4.38. The molecule has 4 heteroatoms. The monoisotopic (exact) mass is 260 g/mol. The van der Waals surface area contributed by atoms with Crippen LogP contribution < -0.4 is 10.6 Å². The van der Waals surface area contributed by atoms with Crippen molar-refractivity contribution in [1.29, 1.82) is 0 Å². The van der Waals surface area contributed by atoms with Gasteiger partial charge in [0.05, 0.1) is 0 Å². The van der Waals surface area contributed by atoms with Crippen LogP contribution in [0.4, 0.5) is 0 Å². The number of carbonyl (C=O) groups is 1. The van der Waals surface area contributed by atoms with Crippen LogP contribution in [-0.4, -0.2) is 29.1 Å². The first kappa shape index (κ1) is 12.5. The third-order valence-corrected chi connectivity index (χ3v) is 4.38. The number of aromatic hydroxyl groups is 1. The molecule has 1 unspecified atom stereocenters. The predicted molar refractivity (Wildman–Crippen MR) is 73.2 cm³/mol. The highest BCUT2D eigenvalue weighted by molar-refractivity contribution is 5.94. The number of benzene rings is 1. The van der Waals surface area contributed by atoms with E-state index in [1.807, 2.05) is 0 Å². The molecule has 1 aromatic rings. The van der Waals surface area contributed by atoms with Crippen molar-refractivity contribution in [3.05, 3.63) is 29.8 Å². The largest absolute Gasteiger partial charge is 0.508 e. The fourth-order valence-electron chi connectivity index (χ4n) is 3.18. The third kappa shape index (κ3) is 2.59. The molecule has 1 heterocycles. The molecule has 0 aromatic heterocycles. The summed E-state index contributed by atoms with van der Waals surface area (Å²) in [7, 11) is 0. The Kier molecular flexibility index (Phi) is 3.19. The lowest BCUT2D eigenvalue weighted by Crippen LogP contribution is -2.59. The fourth-order valence-corrected chi connectivity index (χ4v) is 3.18. The lowest BCUT2D eigenvalue weighted by molar-refractivity contribution is 0.0852. The molecule has 2 fully saturated rings. The number of piperidine rings is 1. The number of hydrogen-bond donors (Lipinski definition) is 3. The van der Waals surface area contributed by atoms with Gasteiger partial charge in [-0.1, -0.05) is 6.07 Å². The van der Waals surface area contributed by atoms with Crippen LogP contribution in [0.1, 0.15) is 42.5 Å². The van der Waals surface area contributed by atoms with E-state index < -0.39 is 0 Å². The van der Waals surface area contributed by atoms with Gasteiger partial charge in [0.1, 0.15) is 5.75 Å². The fraction of sp³-hybridized carbons (Fsp3) is 0.533. The second kappa shape index (κ2) is 4.85. The van der Waals surface area contributed by atoms with Crippen molar-refractivity contribution in [3.63, 3.8) is 0 Å². The summed E-state index contributed by atoms with van der Waals surface area (Å²) in [5.41, 5.74) is 0.816. The number of rotatable bonds is 2. The molecule has 19 heavy (non-hydrogen) atoms. The van der Waals surface area contributed by atoms with Gasteiger partial charge in [-0.05, 0) is 56.8 Å². The molecule has 0 bridgehead atoms. The van der Waals surface area contributed by atoms with Gasteiger partial charge >= 0.3 is 0 Å². The molecule has 2 aliphatic rings. The second-order valence-electron chi connectivity index (χ2n) is 5.77. The van der Waals surface area contributed by atoms with Crippen LogP contribution in [-0.2, 0) is 0 Å². The van der Waals surface area contributed by atoms with Crippen molar-refractivity contribution in [1.82, 2.24) is 10.6 Å². The van der Waals surface area contributed by atoms with E-state index >= 15 is 0 Å². The van der Waals surface area contributed by atoms with Crippen LogP contribution in [0.3, 0.4) is 0 Å². The van der Waals surface area contributed by atoms with Crippen LogP contribution in [0.5, 0.6) is 5.75 Å². The quantitative estimate of drug-likeness (QED) is 0.760. The molecular weight excluding hydrogens is 240 g/mol.